The second-order valence-corrected chi connectivity index (χ2v) is 25.6. The molecule has 0 saturated heterocycles. The molecule has 80 heavy (non-hydrogen) atoms. The van der Waals surface area contributed by atoms with Gasteiger partial charge in [-0.25, -0.2) is 0 Å². The van der Waals surface area contributed by atoms with Crippen molar-refractivity contribution in [1.29, 1.82) is 0 Å². The van der Waals surface area contributed by atoms with Crippen molar-refractivity contribution in [3.05, 3.63) is 87.5 Å². The maximum atomic E-state index is 10.0. The zero-order chi connectivity index (χ0) is 57.1. The molecule has 2 rings (SSSR count). The second-order valence-electron chi connectivity index (χ2n) is 25.6. The average molecular weight is 1100 g/mol. The normalized spacial score (nSPS) is 11.8. The van der Waals surface area contributed by atoms with E-state index in [0.717, 1.165) is 50.5 Å². The van der Waals surface area contributed by atoms with Gasteiger partial charge in [-0.05, 0) is 84.8 Å². The van der Waals surface area contributed by atoms with Crippen LogP contribution >= 0.6 is 0 Å². The molecule has 2 heteroatoms. The number of hydrogen-bond donors (Lipinski definition) is 0. The van der Waals surface area contributed by atoms with Crippen LogP contribution in [-0.2, 0) is 12.8 Å². The van der Waals surface area contributed by atoms with Gasteiger partial charge in [0, 0.05) is 0 Å². The minimum atomic E-state index is 0.915. The monoisotopic (exact) mass is 1100 g/mol. The highest BCUT2D eigenvalue weighted by Crippen LogP contribution is 2.35. The first kappa shape index (κ1) is 73.4. The number of hydrogen-bond acceptors (Lipinski definition) is 0. The lowest BCUT2D eigenvalue weighted by Gasteiger charge is -2.18. The fourth-order valence-corrected chi connectivity index (χ4v) is 12.6. The Bertz CT molecular complexity index is 1720. The molecular formula is C78H136N2. The molecule has 0 saturated carbocycles. The van der Waals surface area contributed by atoms with Crippen LogP contribution in [0.15, 0.2) is 59.7 Å². The van der Waals surface area contributed by atoms with E-state index in [9.17, 15) is 5.53 Å². The number of benzene rings is 2. The molecule has 0 amide bonds. The Morgan fingerprint density at radius 3 is 0.775 bits per heavy atom. The zero-order valence-corrected chi connectivity index (χ0v) is 54.5. The van der Waals surface area contributed by atoms with Crippen molar-refractivity contribution in [3.63, 3.8) is 0 Å². The molecule has 0 radical (unpaired) electrons. The molecule has 0 aliphatic rings. The Morgan fingerprint density at radius 1 is 0.275 bits per heavy atom. The Kier molecular flexibility index (Phi) is 53.4. The van der Waals surface area contributed by atoms with Gasteiger partial charge in [0.2, 0.25) is 0 Å². The fourth-order valence-electron chi connectivity index (χ4n) is 12.6. The fraction of sp³-hybridized carbons (Fsp3) is 0.795. The molecule has 2 nitrogen and oxygen atoms in total. The van der Waals surface area contributed by atoms with Crippen LogP contribution in [0, 0.1) is 0 Å². The van der Waals surface area contributed by atoms with Crippen molar-refractivity contribution < 1.29 is 4.79 Å². The van der Waals surface area contributed by atoms with Crippen LogP contribution in [0.25, 0.3) is 11.1 Å². The summed E-state index contributed by atoms with van der Waals surface area (Å²) in [6.45, 7) is 9.20. The average Bonchev–Trinajstić information content (AvgIpc) is 3.50. The van der Waals surface area contributed by atoms with Gasteiger partial charge in [0.1, 0.15) is 0 Å². The predicted molar refractivity (Wildman–Crippen MR) is 360 cm³/mol. The molecule has 0 aromatic heterocycles. The van der Waals surface area contributed by atoms with Crippen LogP contribution < -0.4 is 0 Å². The van der Waals surface area contributed by atoms with E-state index in [1.165, 1.54) is 361 Å². The van der Waals surface area contributed by atoms with E-state index in [1.807, 2.05) is 0 Å². The van der Waals surface area contributed by atoms with Gasteiger partial charge in [-0.2, -0.15) is 0 Å². The lowest BCUT2D eigenvalue weighted by molar-refractivity contribution is 0.00739. The van der Waals surface area contributed by atoms with E-state index in [0.29, 0.717) is 0 Å². The molecule has 2 aromatic carbocycles. The highest BCUT2D eigenvalue weighted by Gasteiger charge is 2.19. The molecule has 0 unspecified atom stereocenters. The zero-order valence-electron chi connectivity index (χ0n) is 54.5. The largest absolute Gasteiger partial charge is 0.348 e. The Morgan fingerprint density at radius 2 is 0.512 bits per heavy atom. The molecule has 0 spiro atoms. The van der Waals surface area contributed by atoms with Crippen LogP contribution in [0.4, 0.5) is 0 Å². The highest BCUT2D eigenvalue weighted by molar-refractivity contribution is 5.87. The summed E-state index contributed by atoms with van der Waals surface area (Å²) < 4.78 is 0. The molecule has 2 aromatic rings. The third-order valence-electron chi connectivity index (χ3n) is 18.0. The van der Waals surface area contributed by atoms with Gasteiger partial charge >= 0.3 is 5.87 Å². The number of aryl methyl sites for hydroxylation is 2. The van der Waals surface area contributed by atoms with Crippen LogP contribution in [-0.4, -0.2) is 10.7 Å². The molecule has 0 fully saturated rings. The molecule has 0 heterocycles. The second kappa shape index (κ2) is 58.1. The number of rotatable bonds is 61. The van der Waals surface area contributed by atoms with Gasteiger partial charge in [-0.1, -0.05) is 397 Å². The summed E-state index contributed by atoms with van der Waals surface area (Å²) >= 11 is 0. The molecule has 0 aliphatic heterocycles. The first-order chi connectivity index (χ1) is 39.7. The van der Waals surface area contributed by atoms with E-state index in [4.69, 9.17) is 0 Å². The topological polar surface area (TPSA) is 36.4 Å². The number of unbranched alkanes of at least 4 members (excludes halogenated alkanes) is 50. The third kappa shape index (κ3) is 43.1. The van der Waals surface area contributed by atoms with Gasteiger partial charge in [0.15, 0.2) is 0 Å². The number of allylic oxidation sites excluding steroid dienone is 2. The summed E-state index contributed by atoms with van der Waals surface area (Å²) in [6.07, 6.45) is 80.1. The van der Waals surface area contributed by atoms with Crippen molar-refractivity contribution in [2.24, 2.45) is 0 Å². The molecule has 0 atom stereocenters. The Labute approximate surface area is 501 Å². The summed E-state index contributed by atoms with van der Waals surface area (Å²) in [4.78, 5) is 3.59. The SMILES string of the molecule is CCCCCCCCCCCCCCCCCCCCCCCCCCCCCc1ccc(C(=C(CCCC)C(=C=[N+]=[N-])CCCCCCCCCCCCCCCCCCCCCCCCC)c2ccc(CCCC)cc2)cc1. The van der Waals surface area contributed by atoms with Crippen LogP contribution in [0.3, 0.4) is 0 Å². The van der Waals surface area contributed by atoms with Crippen molar-refractivity contribution in [2.45, 2.75) is 400 Å². The molecule has 0 N–H and O–H groups in total. The molecule has 0 aliphatic carbocycles. The molecule has 458 valence electrons. The quantitative estimate of drug-likeness (QED) is 0.0208. The van der Waals surface area contributed by atoms with E-state index >= 15 is 0 Å². The summed E-state index contributed by atoms with van der Waals surface area (Å²) in [5.74, 6) is 3.15. The van der Waals surface area contributed by atoms with Gasteiger partial charge in [-0.3, -0.25) is 0 Å². The van der Waals surface area contributed by atoms with E-state index in [-0.39, 0.29) is 0 Å². The lowest BCUT2D eigenvalue weighted by Crippen LogP contribution is -2.02. The molecular weight excluding hydrogens is 965 g/mol. The Balaban J connectivity index is 1.68. The Hall–Kier alpha value is -2.66. The molecule has 0 bridgehead atoms. The van der Waals surface area contributed by atoms with E-state index in [1.54, 1.807) is 0 Å². The van der Waals surface area contributed by atoms with Gasteiger partial charge < -0.3 is 5.53 Å². The van der Waals surface area contributed by atoms with Crippen molar-refractivity contribution in [2.75, 3.05) is 0 Å². The summed E-state index contributed by atoms with van der Waals surface area (Å²) in [5.41, 5.74) is 19.2. The van der Waals surface area contributed by atoms with Gasteiger partial charge in [0.05, 0.1) is 5.57 Å². The van der Waals surface area contributed by atoms with Gasteiger partial charge in [0.25, 0.3) is 0 Å². The third-order valence-corrected chi connectivity index (χ3v) is 18.0. The first-order valence-electron chi connectivity index (χ1n) is 36.6. The maximum absolute atomic E-state index is 10.0. The number of nitrogens with zero attached hydrogens (tertiary/aromatic N) is 2. The van der Waals surface area contributed by atoms with Crippen molar-refractivity contribution in [1.82, 2.24) is 0 Å². The standard InChI is InChI=1S/C78H136N2/c1-5-9-13-15-17-19-21-23-25-27-29-31-33-34-35-36-38-39-41-43-45-47-49-51-53-55-57-60-73-65-69-75(70-66-73)78(74-67-63-72(64-68-74)59-11-7-3)77(62-12-8-4)76(71-80-79)61-58-56-54-52-50-48-46-44-42-40-37-32-30-28-26-24-22-20-18-16-14-10-6-2/h63-70H,5-62H2,1-4H3. The van der Waals surface area contributed by atoms with Crippen molar-refractivity contribution in [3.8, 4) is 0 Å². The highest BCUT2D eigenvalue weighted by atomic mass is 14.8. The van der Waals surface area contributed by atoms with Crippen LogP contribution in [0.1, 0.15) is 410 Å². The first-order valence-corrected chi connectivity index (χ1v) is 36.6. The van der Waals surface area contributed by atoms with Crippen molar-refractivity contribution >= 4 is 11.4 Å². The lowest BCUT2D eigenvalue weighted by atomic mass is 9.85. The van der Waals surface area contributed by atoms with E-state index in [2.05, 4.69) is 86.9 Å². The summed E-state index contributed by atoms with van der Waals surface area (Å²) in [6, 6.07) is 19.0. The predicted octanol–water partition coefficient (Wildman–Crippen LogP) is 27.3. The maximum Gasteiger partial charge on any atom is 0.303 e. The van der Waals surface area contributed by atoms with E-state index < -0.39 is 0 Å². The summed E-state index contributed by atoms with van der Waals surface area (Å²) in [7, 11) is 0. The van der Waals surface area contributed by atoms with Crippen LogP contribution in [0.2, 0.25) is 0 Å². The summed E-state index contributed by atoms with van der Waals surface area (Å²) in [5, 5.41) is 0. The minimum Gasteiger partial charge on any atom is -0.348 e. The minimum absolute atomic E-state index is 0.915. The van der Waals surface area contributed by atoms with Gasteiger partial charge in [-0.15, -0.1) is 4.79 Å². The smallest absolute Gasteiger partial charge is 0.303 e. The van der Waals surface area contributed by atoms with Crippen LogP contribution in [0.5, 0.6) is 0 Å².